The molecule has 0 aliphatic carbocycles. The van der Waals surface area contributed by atoms with E-state index in [1.807, 2.05) is 0 Å². The first-order valence-electron chi connectivity index (χ1n) is 28.1. The number of hydrogen-bond acceptors (Lipinski definition) is 6. The summed E-state index contributed by atoms with van der Waals surface area (Å²) >= 11 is 0. The highest BCUT2D eigenvalue weighted by Gasteiger charge is 2.19. The first-order valence-corrected chi connectivity index (χ1v) is 28.1. The zero-order valence-corrected chi connectivity index (χ0v) is 43.9. The van der Waals surface area contributed by atoms with Gasteiger partial charge in [0.25, 0.3) is 0 Å². The average molecular weight is 933 g/mol. The molecule has 0 spiro atoms. The fourth-order valence-electron chi connectivity index (χ4n) is 7.72. The van der Waals surface area contributed by atoms with Crippen molar-refractivity contribution in [1.82, 2.24) is 0 Å². The summed E-state index contributed by atoms with van der Waals surface area (Å²) in [6.45, 7) is 6.47. The summed E-state index contributed by atoms with van der Waals surface area (Å²) in [6, 6.07) is 0. The van der Waals surface area contributed by atoms with Crippen LogP contribution in [-0.2, 0) is 28.6 Å². The predicted molar refractivity (Wildman–Crippen MR) is 288 cm³/mol. The Morgan fingerprint density at radius 3 is 0.910 bits per heavy atom. The van der Waals surface area contributed by atoms with Crippen LogP contribution in [0.15, 0.2) is 85.1 Å². The van der Waals surface area contributed by atoms with Crippen LogP contribution in [0.5, 0.6) is 0 Å². The van der Waals surface area contributed by atoms with E-state index in [2.05, 4.69) is 106 Å². The zero-order valence-electron chi connectivity index (χ0n) is 43.9. The van der Waals surface area contributed by atoms with Crippen LogP contribution in [0.4, 0.5) is 0 Å². The molecular weight excluding hydrogens is 829 g/mol. The second-order valence-corrected chi connectivity index (χ2v) is 18.5. The molecule has 0 radical (unpaired) electrons. The molecule has 0 aromatic heterocycles. The van der Waals surface area contributed by atoms with Crippen LogP contribution in [-0.4, -0.2) is 37.2 Å². The Bertz CT molecular complexity index is 1300. The third-order valence-corrected chi connectivity index (χ3v) is 11.9. The maximum Gasteiger partial charge on any atom is 0.306 e. The molecule has 67 heavy (non-hydrogen) atoms. The largest absolute Gasteiger partial charge is 0.462 e. The topological polar surface area (TPSA) is 78.9 Å². The molecule has 0 amide bonds. The van der Waals surface area contributed by atoms with Gasteiger partial charge < -0.3 is 14.2 Å². The third kappa shape index (κ3) is 53.4. The summed E-state index contributed by atoms with van der Waals surface area (Å²) in [7, 11) is 0. The molecule has 1 unspecified atom stereocenters. The van der Waals surface area contributed by atoms with Crippen molar-refractivity contribution in [1.29, 1.82) is 0 Å². The van der Waals surface area contributed by atoms with Gasteiger partial charge >= 0.3 is 17.9 Å². The number of carbonyl (C=O) groups is 3. The predicted octanol–water partition coefficient (Wildman–Crippen LogP) is 18.8. The summed E-state index contributed by atoms with van der Waals surface area (Å²) in [5, 5.41) is 0. The number of ether oxygens (including phenoxy) is 3. The molecular formula is C61H104O6. The SMILES string of the molecule is CC/C=C\C/C=C\C/C=C\C/C=C\C/C=C\C/C=C\C/C=C\CCCCCCCCCCCC(=O)OCC(COC(=O)CCCCCCCCC)OC(=O)CCCCCCCCCCCCC. The first-order chi connectivity index (χ1) is 33.0. The fraction of sp³-hybridized carbons (Fsp3) is 0.721. The van der Waals surface area contributed by atoms with E-state index in [9.17, 15) is 14.4 Å². The molecule has 0 aliphatic heterocycles. The minimum absolute atomic E-state index is 0.0750. The van der Waals surface area contributed by atoms with Crippen LogP contribution in [0.3, 0.4) is 0 Å². The van der Waals surface area contributed by atoms with Gasteiger partial charge in [-0.2, -0.15) is 0 Å². The van der Waals surface area contributed by atoms with E-state index < -0.39 is 6.10 Å². The van der Waals surface area contributed by atoms with Crippen molar-refractivity contribution >= 4 is 17.9 Å². The summed E-state index contributed by atoms with van der Waals surface area (Å²) in [5.41, 5.74) is 0. The van der Waals surface area contributed by atoms with Crippen LogP contribution in [0.2, 0.25) is 0 Å². The summed E-state index contributed by atoms with van der Waals surface area (Å²) in [5.74, 6) is -0.885. The van der Waals surface area contributed by atoms with Crippen molar-refractivity contribution in [2.24, 2.45) is 0 Å². The van der Waals surface area contributed by atoms with Crippen molar-refractivity contribution in [2.45, 2.75) is 271 Å². The molecule has 6 nitrogen and oxygen atoms in total. The van der Waals surface area contributed by atoms with Crippen molar-refractivity contribution in [3.63, 3.8) is 0 Å². The summed E-state index contributed by atoms with van der Waals surface area (Å²) < 4.78 is 16.7. The Morgan fingerprint density at radius 1 is 0.313 bits per heavy atom. The van der Waals surface area contributed by atoms with Gasteiger partial charge in [-0.1, -0.05) is 254 Å². The van der Waals surface area contributed by atoms with Crippen LogP contribution >= 0.6 is 0 Å². The minimum atomic E-state index is -0.772. The van der Waals surface area contributed by atoms with E-state index in [0.717, 1.165) is 109 Å². The van der Waals surface area contributed by atoms with E-state index in [1.54, 1.807) is 0 Å². The van der Waals surface area contributed by atoms with E-state index in [-0.39, 0.29) is 31.1 Å². The Balaban J connectivity index is 4.08. The second-order valence-electron chi connectivity index (χ2n) is 18.5. The van der Waals surface area contributed by atoms with Gasteiger partial charge in [0, 0.05) is 19.3 Å². The molecule has 6 heteroatoms. The van der Waals surface area contributed by atoms with Crippen LogP contribution in [0.25, 0.3) is 0 Å². The first kappa shape index (κ1) is 63.6. The molecule has 0 saturated carbocycles. The van der Waals surface area contributed by atoms with Crippen LogP contribution < -0.4 is 0 Å². The smallest absolute Gasteiger partial charge is 0.306 e. The van der Waals surface area contributed by atoms with Gasteiger partial charge in [-0.3, -0.25) is 14.4 Å². The minimum Gasteiger partial charge on any atom is -0.462 e. The molecule has 0 rings (SSSR count). The molecule has 0 saturated heterocycles. The lowest BCUT2D eigenvalue weighted by molar-refractivity contribution is -0.167. The van der Waals surface area contributed by atoms with Crippen molar-refractivity contribution in [2.75, 3.05) is 13.2 Å². The lowest BCUT2D eigenvalue weighted by Gasteiger charge is -2.18. The number of carbonyl (C=O) groups excluding carboxylic acids is 3. The van der Waals surface area contributed by atoms with Gasteiger partial charge in [0.2, 0.25) is 0 Å². The van der Waals surface area contributed by atoms with Crippen LogP contribution in [0, 0.1) is 0 Å². The highest BCUT2D eigenvalue weighted by Crippen LogP contribution is 2.15. The van der Waals surface area contributed by atoms with E-state index in [0.29, 0.717) is 19.3 Å². The fourth-order valence-corrected chi connectivity index (χ4v) is 7.72. The summed E-state index contributed by atoms with van der Waals surface area (Å²) in [4.78, 5) is 37.8. The number of unbranched alkanes of at least 4 members (excludes halogenated alkanes) is 25. The number of esters is 3. The van der Waals surface area contributed by atoms with Gasteiger partial charge in [-0.05, 0) is 77.0 Å². The van der Waals surface area contributed by atoms with E-state index in [1.165, 1.54) is 116 Å². The third-order valence-electron chi connectivity index (χ3n) is 11.9. The zero-order chi connectivity index (χ0) is 48.6. The van der Waals surface area contributed by atoms with Gasteiger partial charge in [-0.25, -0.2) is 0 Å². The standard InChI is InChI=1S/C61H104O6/c1-4-7-10-13-16-18-20-21-22-23-24-25-26-27-28-29-30-31-32-33-34-35-36-37-38-39-41-42-45-48-51-54-60(63)66-57-58(56-65-59(62)53-50-47-44-15-12-9-6-3)67-61(64)55-52-49-46-43-40-19-17-14-11-8-5-2/h7,10,16,18,21-22,24-25,27-28,30-31,33-34,58H,4-6,8-9,11-15,17,19-20,23,26,29,32,35-57H2,1-3H3/b10-7-,18-16-,22-21-,25-24-,28-27-,31-30-,34-33-. The van der Waals surface area contributed by atoms with E-state index >= 15 is 0 Å². The van der Waals surface area contributed by atoms with Crippen molar-refractivity contribution < 1.29 is 28.6 Å². The highest BCUT2D eigenvalue weighted by atomic mass is 16.6. The number of allylic oxidation sites excluding steroid dienone is 14. The number of rotatable bonds is 50. The van der Waals surface area contributed by atoms with Crippen molar-refractivity contribution in [3.8, 4) is 0 Å². The molecule has 384 valence electrons. The number of hydrogen-bond donors (Lipinski definition) is 0. The van der Waals surface area contributed by atoms with Gasteiger partial charge in [-0.15, -0.1) is 0 Å². The van der Waals surface area contributed by atoms with Crippen molar-refractivity contribution in [3.05, 3.63) is 85.1 Å². The lowest BCUT2D eigenvalue weighted by Crippen LogP contribution is -2.30. The molecule has 0 heterocycles. The maximum absolute atomic E-state index is 12.7. The Morgan fingerprint density at radius 2 is 0.582 bits per heavy atom. The quantitative estimate of drug-likeness (QED) is 0.0262. The van der Waals surface area contributed by atoms with Crippen LogP contribution in [0.1, 0.15) is 265 Å². The summed E-state index contributed by atoms with van der Waals surface area (Å²) in [6.07, 6.45) is 71.7. The Kier molecular flexibility index (Phi) is 52.4. The highest BCUT2D eigenvalue weighted by molar-refractivity contribution is 5.71. The maximum atomic E-state index is 12.7. The second kappa shape index (κ2) is 55.2. The normalized spacial score (nSPS) is 12.7. The molecule has 0 fully saturated rings. The lowest BCUT2D eigenvalue weighted by atomic mass is 10.1. The Labute approximate surface area is 414 Å². The molecule has 0 bridgehead atoms. The average Bonchev–Trinajstić information content (AvgIpc) is 3.33. The van der Waals surface area contributed by atoms with Gasteiger partial charge in [0.1, 0.15) is 13.2 Å². The Hall–Kier alpha value is -3.41. The molecule has 0 aromatic carbocycles. The molecule has 0 aromatic rings. The van der Waals surface area contributed by atoms with E-state index in [4.69, 9.17) is 14.2 Å². The van der Waals surface area contributed by atoms with Gasteiger partial charge in [0.15, 0.2) is 6.10 Å². The monoisotopic (exact) mass is 933 g/mol. The molecule has 0 aliphatic rings. The van der Waals surface area contributed by atoms with Gasteiger partial charge in [0.05, 0.1) is 0 Å². The molecule has 0 N–H and O–H groups in total. The molecule has 1 atom stereocenters.